The van der Waals surface area contributed by atoms with E-state index in [0.29, 0.717) is 29.1 Å². The number of hydrogen-bond donors (Lipinski definition) is 1. The van der Waals surface area contributed by atoms with E-state index in [2.05, 4.69) is 5.32 Å². The number of carbonyl (C=O) groups excluding carboxylic acids is 2. The lowest BCUT2D eigenvalue weighted by Crippen LogP contribution is -2.51. The van der Waals surface area contributed by atoms with Crippen molar-refractivity contribution in [2.75, 3.05) is 6.54 Å². The molecule has 7 nitrogen and oxygen atoms in total. The van der Waals surface area contributed by atoms with Crippen molar-refractivity contribution >= 4 is 29.1 Å². The van der Waals surface area contributed by atoms with Crippen LogP contribution in [0, 0.1) is 10.1 Å². The van der Waals surface area contributed by atoms with Crippen LogP contribution in [0.5, 0.6) is 0 Å². The Morgan fingerprint density at radius 3 is 2.28 bits per heavy atom. The van der Waals surface area contributed by atoms with Gasteiger partial charge in [-0.25, -0.2) is 0 Å². The predicted molar refractivity (Wildman–Crippen MR) is 141 cm³/mol. The van der Waals surface area contributed by atoms with Crippen LogP contribution in [0.1, 0.15) is 36.5 Å². The highest BCUT2D eigenvalue weighted by molar-refractivity contribution is 6.31. The molecule has 0 fully saturated rings. The number of carbonyl (C=O) groups is 2. The molecule has 188 valence electrons. The van der Waals surface area contributed by atoms with E-state index in [1.165, 1.54) is 11.0 Å². The van der Waals surface area contributed by atoms with Gasteiger partial charge in [0.25, 0.3) is 5.69 Å². The van der Waals surface area contributed by atoms with Gasteiger partial charge in [0.1, 0.15) is 6.04 Å². The van der Waals surface area contributed by atoms with Gasteiger partial charge in [0, 0.05) is 36.2 Å². The van der Waals surface area contributed by atoms with Gasteiger partial charge >= 0.3 is 0 Å². The Morgan fingerprint density at radius 1 is 0.972 bits per heavy atom. The van der Waals surface area contributed by atoms with E-state index in [0.717, 1.165) is 18.4 Å². The second-order valence-electron chi connectivity index (χ2n) is 8.53. The molecule has 3 aromatic carbocycles. The molecule has 0 heterocycles. The highest BCUT2D eigenvalue weighted by atomic mass is 35.5. The lowest BCUT2D eigenvalue weighted by molar-refractivity contribution is -0.385. The molecule has 0 spiro atoms. The Bertz CT molecular complexity index is 1190. The molecule has 0 bridgehead atoms. The van der Waals surface area contributed by atoms with Crippen LogP contribution in [-0.4, -0.2) is 34.2 Å². The molecule has 1 atom stereocenters. The van der Waals surface area contributed by atoms with Crippen LogP contribution in [0.25, 0.3) is 0 Å². The summed E-state index contributed by atoms with van der Waals surface area (Å²) in [6.07, 6.45) is 1.82. The van der Waals surface area contributed by atoms with E-state index >= 15 is 0 Å². The molecule has 0 saturated heterocycles. The maximum Gasteiger partial charge on any atom is 0.273 e. The molecule has 1 N–H and O–H groups in total. The molecule has 0 aliphatic rings. The van der Waals surface area contributed by atoms with Gasteiger partial charge in [-0.3, -0.25) is 19.7 Å². The molecule has 3 rings (SSSR count). The molecule has 0 aliphatic carbocycles. The first-order valence-electron chi connectivity index (χ1n) is 12.0. The fourth-order valence-electron chi connectivity index (χ4n) is 3.97. The summed E-state index contributed by atoms with van der Waals surface area (Å²) in [5.41, 5.74) is 1.75. The Labute approximate surface area is 216 Å². The quantitative estimate of drug-likeness (QED) is 0.203. The summed E-state index contributed by atoms with van der Waals surface area (Å²) < 4.78 is 0. The first-order valence-corrected chi connectivity index (χ1v) is 12.3. The number of para-hydroxylation sites is 1. The number of rotatable bonds is 12. The Balaban J connectivity index is 2.00. The molecular formula is C28H30ClN3O4. The smallest absolute Gasteiger partial charge is 0.273 e. The van der Waals surface area contributed by atoms with Gasteiger partial charge < -0.3 is 10.2 Å². The van der Waals surface area contributed by atoms with Crippen LogP contribution >= 0.6 is 11.6 Å². The number of nitro benzene ring substituents is 1. The summed E-state index contributed by atoms with van der Waals surface area (Å²) in [6.45, 7) is 2.63. The number of nitrogens with zero attached hydrogens (tertiary/aromatic N) is 2. The summed E-state index contributed by atoms with van der Waals surface area (Å²) in [6, 6.07) is 22.0. The van der Waals surface area contributed by atoms with Gasteiger partial charge in [-0.15, -0.1) is 0 Å². The van der Waals surface area contributed by atoms with Crippen molar-refractivity contribution in [3.63, 3.8) is 0 Å². The third-order valence-corrected chi connectivity index (χ3v) is 6.30. The topological polar surface area (TPSA) is 92.6 Å². The third-order valence-electron chi connectivity index (χ3n) is 5.93. The largest absolute Gasteiger partial charge is 0.354 e. The second kappa shape index (κ2) is 13.4. The summed E-state index contributed by atoms with van der Waals surface area (Å²) >= 11 is 6.42. The maximum absolute atomic E-state index is 13.7. The zero-order valence-corrected chi connectivity index (χ0v) is 21.0. The number of amides is 2. The minimum atomic E-state index is -0.823. The summed E-state index contributed by atoms with van der Waals surface area (Å²) in [4.78, 5) is 39.7. The summed E-state index contributed by atoms with van der Waals surface area (Å²) in [5.74, 6) is -0.661. The Kier molecular flexibility index (Phi) is 10.0. The van der Waals surface area contributed by atoms with Crippen molar-refractivity contribution in [3.8, 4) is 0 Å². The van der Waals surface area contributed by atoms with Crippen molar-refractivity contribution in [2.24, 2.45) is 0 Å². The number of benzene rings is 3. The molecule has 0 aliphatic heterocycles. The normalized spacial score (nSPS) is 11.5. The Hall–Kier alpha value is -3.71. The number of unbranched alkanes of at least 4 members (excludes halogenated alkanes) is 1. The van der Waals surface area contributed by atoms with Crippen LogP contribution < -0.4 is 5.32 Å². The molecule has 0 radical (unpaired) electrons. The van der Waals surface area contributed by atoms with E-state index in [9.17, 15) is 19.7 Å². The first kappa shape index (κ1) is 26.9. The molecule has 8 heteroatoms. The van der Waals surface area contributed by atoms with Gasteiger partial charge in [0.2, 0.25) is 11.8 Å². The highest BCUT2D eigenvalue weighted by Crippen LogP contribution is 2.23. The molecule has 2 amide bonds. The van der Waals surface area contributed by atoms with Gasteiger partial charge in [0.15, 0.2) is 0 Å². The van der Waals surface area contributed by atoms with Crippen molar-refractivity contribution in [3.05, 3.63) is 111 Å². The van der Waals surface area contributed by atoms with Crippen molar-refractivity contribution in [1.82, 2.24) is 10.2 Å². The fourth-order valence-corrected chi connectivity index (χ4v) is 4.17. The number of nitro groups is 1. The van der Waals surface area contributed by atoms with E-state index < -0.39 is 16.9 Å². The zero-order chi connectivity index (χ0) is 25.9. The highest BCUT2D eigenvalue weighted by Gasteiger charge is 2.31. The lowest BCUT2D eigenvalue weighted by Gasteiger charge is -2.32. The number of nitrogens with one attached hydrogen (secondary N) is 1. The van der Waals surface area contributed by atoms with Crippen LogP contribution in [0.4, 0.5) is 5.69 Å². The van der Waals surface area contributed by atoms with E-state index in [1.54, 1.807) is 30.3 Å². The van der Waals surface area contributed by atoms with Crippen LogP contribution in [0.2, 0.25) is 5.02 Å². The summed E-state index contributed by atoms with van der Waals surface area (Å²) in [7, 11) is 0. The monoisotopic (exact) mass is 507 g/mol. The molecule has 0 aromatic heterocycles. The first-order chi connectivity index (χ1) is 17.4. The molecule has 3 aromatic rings. The molecule has 0 saturated carbocycles. The van der Waals surface area contributed by atoms with Crippen LogP contribution in [0.15, 0.2) is 78.9 Å². The fraction of sp³-hybridized carbons (Fsp3) is 0.286. The van der Waals surface area contributed by atoms with E-state index in [-0.39, 0.29) is 24.6 Å². The SMILES string of the molecule is CCCCNC(=O)C(Cc1ccccc1)N(Cc1ccccc1Cl)C(=O)Cc1ccccc1[N+](=O)[O-]. The Morgan fingerprint density at radius 2 is 1.61 bits per heavy atom. The average molecular weight is 508 g/mol. The minimum Gasteiger partial charge on any atom is -0.354 e. The van der Waals surface area contributed by atoms with Crippen molar-refractivity contribution < 1.29 is 14.5 Å². The van der Waals surface area contributed by atoms with E-state index in [1.807, 2.05) is 49.4 Å². The van der Waals surface area contributed by atoms with Crippen LogP contribution in [-0.2, 0) is 29.0 Å². The average Bonchev–Trinajstić information content (AvgIpc) is 2.88. The standard InChI is InChI=1S/C28H30ClN3O4/c1-2-3-17-30-28(34)26(18-21-11-5-4-6-12-21)31(20-23-14-7-9-15-24(23)29)27(33)19-22-13-8-10-16-25(22)32(35)36/h4-16,26H,2-3,17-20H2,1H3,(H,30,34). The van der Waals surface area contributed by atoms with Gasteiger partial charge in [0.05, 0.1) is 11.3 Å². The molecule has 36 heavy (non-hydrogen) atoms. The van der Waals surface area contributed by atoms with Crippen molar-refractivity contribution in [2.45, 2.75) is 45.2 Å². The van der Waals surface area contributed by atoms with E-state index in [4.69, 9.17) is 11.6 Å². The minimum absolute atomic E-state index is 0.0951. The summed E-state index contributed by atoms with van der Waals surface area (Å²) in [5, 5.41) is 15.0. The molecule has 1 unspecified atom stereocenters. The second-order valence-corrected chi connectivity index (χ2v) is 8.93. The number of halogens is 1. The van der Waals surface area contributed by atoms with Gasteiger partial charge in [-0.2, -0.15) is 0 Å². The van der Waals surface area contributed by atoms with Gasteiger partial charge in [-0.05, 0) is 23.6 Å². The maximum atomic E-state index is 13.7. The lowest BCUT2D eigenvalue weighted by atomic mass is 10.0. The van der Waals surface area contributed by atoms with Gasteiger partial charge in [-0.1, -0.05) is 91.7 Å². The third kappa shape index (κ3) is 7.39. The predicted octanol–water partition coefficient (Wildman–Crippen LogP) is 5.35. The number of hydrogen-bond acceptors (Lipinski definition) is 4. The van der Waals surface area contributed by atoms with Crippen molar-refractivity contribution in [1.29, 1.82) is 0 Å². The zero-order valence-electron chi connectivity index (χ0n) is 20.2. The molecular weight excluding hydrogens is 478 g/mol. The van der Waals surface area contributed by atoms with Crippen LogP contribution in [0.3, 0.4) is 0 Å².